The zero-order valence-electron chi connectivity index (χ0n) is 14.8. The lowest BCUT2D eigenvalue weighted by Crippen LogP contribution is -2.40. The lowest BCUT2D eigenvalue weighted by atomic mass is 9.97. The van der Waals surface area contributed by atoms with E-state index in [9.17, 15) is 4.79 Å². The van der Waals surface area contributed by atoms with E-state index in [1.807, 2.05) is 42.2 Å². The number of amides is 1. The van der Waals surface area contributed by atoms with Gasteiger partial charge in [0.15, 0.2) is 5.69 Å². The number of fused-ring (bicyclic) bond motifs is 1. The maximum atomic E-state index is 12.9. The predicted molar refractivity (Wildman–Crippen MR) is 99.1 cm³/mol. The Labute approximate surface area is 151 Å². The highest BCUT2D eigenvalue weighted by Gasteiger charge is 2.27. The Balaban J connectivity index is 1.65. The third kappa shape index (κ3) is 2.84. The van der Waals surface area contributed by atoms with Gasteiger partial charge in [-0.1, -0.05) is 23.4 Å². The third-order valence-corrected chi connectivity index (χ3v) is 5.17. The Morgan fingerprint density at radius 1 is 1.23 bits per heavy atom. The van der Waals surface area contributed by atoms with Crippen LogP contribution in [0.1, 0.15) is 29.0 Å². The number of piperidine rings is 1. The average Bonchev–Trinajstić information content (AvgIpc) is 3.08. The van der Waals surface area contributed by atoms with Crippen molar-refractivity contribution in [1.82, 2.24) is 24.9 Å². The molecule has 134 valence electrons. The SMILES string of the molecule is Cc1c(C(=O)N2CCC(CN)CC2)nnn1-c1cccc2cccnc12. The number of likely N-dealkylation sites (tertiary alicyclic amines) is 1. The molecule has 1 aliphatic rings. The van der Waals surface area contributed by atoms with Gasteiger partial charge < -0.3 is 10.6 Å². The summed E-state index contributed by atoms with van der Waals surface area (Å²) in [5, 5.41) is 9.45. The van der Waals surface area contributed by atoms with Gasteiger partial charge in [-0.25, -0.2) is 4.68 Å². The Kier molecular flexibility index (Phi) is 4.38. The highest BCUT2D eigenvalue weighted by molar-refractivity contribution is 5.94. The first-order valence-corrected chi connectivity index (χ1v) is 8.95. The maximum Gasteiger partial charge on any atom is 0.276 e. The van der Waals surface area contributed by atoms with Gasteiger partial charge >= 0.3 is 0 Å². The van der Waals surface area contributed by atoms with Crippen LogP contribution in [-0.4, -0.2) is 50.4 Å². The molecule has 0 bridgehead atoms. The second kappa shape index (κ2) is 6.84. The van der Waals surface area contributed by atoms with Crippen LogP contribution in [0.25, 0.3) is 16.6 Å². The van der Waals surface area contributed by atoms with E-state index >= 15 is 0 Å². The van der Waals surface area contributed by atoms with Crippen LogP contribution in [0.2, 0.25) is 0 Å². The van der Waals surface area contributed by atoms with E-state index in [-0.39, 0.29) is 5.91 Å². The number of pyridine rings is 1. The molecule has 3 aromatic rings. The first-order valence-electron chi connectivity index (χ1n) is 8.95. The Morgan fingerprint density at radius 2 is 2.00 bits per heavy atom. The average molecular weight is 350 g/mol. The van der Waals surface area contributed by atoms with Crippen molar-refractivity contribution >= 4 is 16.8 Å². The minimum atomic E-state index is -0.0579. The van der Waals surface area contributed by atoms with Crippen LogP contribution in [-0.2, 0) is 0 Å². The first-order chi connectivity index (χ1) is 12.7. The number of nitrogens with two attached hydrogens (primary N) is 1. The molecule has 0 spiro atoms. The third-order valence-electron chi connectivity index (χ3n) is 5.17. The standard InChI is InChI=1S/C19H22N6O/c1-13-17(19(26)24-10-7-14(12-20)8-11-24)22-23-25(13)16-6-2-4-15-5-3-9-21-18(15)16/h2-6,9,14H,7-8,10-12,20H2,1H3. The molecule has 0 radical (unpaired) electrons. The van der Waals surface area contributed by atoms with Gasteiger partial charge in [0, 0.05) is 24.7 Å². The number of hydrogen-bond acceptors (Lipinski definition) is 5. The van der Waals surface area contributed by atoms with Crippen LogP contribution in [0, 0.1) is 12.8 Å². The van der Waals surface area contributed by atoms with E-state index in [1.54, 1.807) is 10.9 Å². The summed E-state index contributed by atoms with van der Waals surface area (Å²) >= 11 is 0. The topological polar surface area (TPSA) is 89.9 Å². The van der Waals surface area contributed by atoms with E-state index in [4.69, 9.17) is 5.73 Å². The van der Waals surface area contributed by atoms with Crippen molar-refractivity contribution < 1.29 is 4.79 Å². The van der Waals surface area contributed by atoms with Crippen molar-refractivity contribution in [3.63, 3.8) is 0 Å². The molecule has 2 aromatic heterocycles. The van der Waals surface area contributed by atoms with Crippen LogP contribution in [0.4, 0.5) is 0 Å². The number of hydrogen-bond donors (Lipinski definition) is 1. The summed E-state index contributed by atoms with van der Waals surface area (Å²) in [6.07, 6.45) is 3.65. The normalized spacial score (nSPS) is 15.5. The van der Waals surface area contributed by atoms with Gasteiger partial charge in [0.2, 0.25) is 0 Å². The van der Waals surface area contributed by atoms with Gasteiger partial charge in [-0.15, -0.1) is 5.10 Å². The highest BCUT2D eigenvalue weighted by Crippen LogP contribution is 2.23. The zero-order chi connectivity index (χ0) is 18.1. The molecular formula is C19H22N6O. The molecule has 2 N–H and O–H groups in total. The second-order valence-corrected chi connectivity index (χ2v) is 6.76. The van der Waals surface area contributed by atoms with Crippen LogP contribution < -0.4 is 5.73 Å². The van der Waals surface area contributed by atoms with E-state index in [2.05, 4.69) is 15.3 Å². The summed E-state index contributed by atoms with van der Waals surface area (Å²) in [5.74, 6) is 0.454. The minimum Gasteiger partial charge on any atom is -0.337 e. The van der Waals surface area contributed by atoms with Gasteiger partial charge in [0.05, 0.1) is 16.9 Å². The quantitative estimate of drug-likeness (QED) is 0.779. The summed E-state index contributed by atoms with van der Waals surface area (Å²) in [6, 6.07) is 9.81. The van der Waals surface area contributed by atoms with E-state index < -0.39 is 0 Å². The molecule has 1 aliphatic heterocycles. The molecule has 1 amide bonds. The number of aromatic nitrogens is 4. The van der Waals surface area contributed by atoms with E-state index in [0.717, 1.165) is 48.2 Å². The second-order valence-electron chi connectivity index (χ2n) is 6.76. The minimum absolute atomic E-state index is 0.0579. The maximum absolute atomic E-state index is 12.9. The van der Waals surface area contributed by atoms with Gasteiger partial charge in [-0.2, -0.15) is 0 Å². The van der Waals surface area contributed by atoms with Crippen molar-refractivity contribution in [3.8, 4) is 5.69 Å². The van der Waals surface area contributed by atoms with Crippen LogP contribution in [0.15, 0.2) is 36.5 Å². The zero-order valence-corrected chi connectivity index (χ0v) is 14.8. The van der Waals surface area contributed by atoms with Crippen LogP contribution in [0.3, 0.4) is 0 Å². The fraction of sp³-hybridized carbons (Fsp3) is 0.368. The van der Waals surface area contributed by atoms with Gasteiger partial charge in [-0.05, 0) is 44.4 Å². The smallest absolute Gasteiger partial charge is 0.276 e. The van der Waals surface area contributed by atoms with Crippen molar-refractivity contribution in [2.24, 2.45) is 11.7 Å². The molecular weight excluding hydrogens is 328 g/mol. The number of benzene rings is 1. The largest absolute Gasteiger partial charge is 0.337 e. The van der Waals surface area contributed by atoms with Crippen molar-refractivity contribution in [2.45, 2.75) is 19.8 Å². The predicted octanol–water partition coefficient (Wildman–Crippen LogP) is 1.93. The molecule has 1 saturated heterocycles. The number of carbonyl (C=O) groups excluding carboxylic acids is 1. The molecule has 26 heavy (non-hydrogen) atoms. The molecule has 0 saturated carbocycles. The van der Waals surface area contributed by atoms with E-state index in [0.29, 0.717) is 18.2 Å². The number of rotatable bonds is 3. The van der Waals surface area contributed by atoms with Crippen LogP contribution >= 0.6 is 0 Å². The number of carbonyl (C=O) groups is 1. The molecule has 7 nitrogen and oxygen atoms in total. The molecule has 3 heterocycles. The summed E-state index contributed by atoms with van der Waals surface area (Å²) in [7, 11) is 0. The lowest BCUT2D eigenvalue weighted by molar-refractivity contribution is 0.0686. The molecule has 0 atom stereocenters. The molecule has 0 aliphatic carbocycles. The molecule has 1 aromatic carbocycles. The summed E-state index contributed by atoms with van der Waals surface area (Å²) in [4.78, 5) is 19.2. The number of para-hydroxylation sites is 1. The Morgan fingerprint density at radius 3 is 2.77 bits per heavy atom. The van der Waals surface area contributed by atoms with Crippen LogP contribution in [0.5, 0.6) is 0 Å². The van der Waals surface area contributed by atoms with E-state index in [1.165, 1.54) is 0 Å². The monoisotopic (exact) mass is 350 g/mol. The summed E-state index contributed by atoms with van der Waals surface area (Å²) in [6.45, 7) is 4.01. The Bertz CT molecular complexity index is 937. The number of nitrogens with zero attached hydrogens (tertiary/aromatic N) is 5. The van der Waals surface area contributed by atoms with Gasteiger partial charge in [0.25, 0.3) is 5.91 Å². The molecule has 0 unspecified atom stereocenters. The lowest BCUT2D eigenvalue weighted by Gasteiger charge is -2.30. The van der Waals surface area contributed by atoms with Crippen molar-refractivity contribution in [3.05, 3.63) is 47.9 Å². The highest BCUT2D eigenvalue weighted by atomic mass is 16.2. The molecule has 4 rings (SSSR count). The van der Waals surface area contributed by atoms with Gasteiger partial charge in [-0.3, -0.25) is 9.78 Å². The van der Waals surface area contributed by atoms with Gasteiger partial charge in [0.1, 0.15) is 0 Å². The van der Waals surface area contributed by atoms with Crippen molar-refractivity contribution in [1.29, 1.82) is 0 Å². The van der Waals surface area contributed by atoms with Crippen molar-refractivity contribution in [2.75, 3.05) is 19.6 Å². The first kappa shape index (κ1) is 16.7. The molecule has 1 fully saturated rings. The fourth-order valence-electron chi connectivity index (χ4n) is 3.54. The Hall–Kier alpha value is -2.80. The molecule has 7 heteroatoms. The fourth-order valence-corrected chi connectivity index (χ4v) is 3.54. The summed E-state index contributed by atoms with van der Waals surface area (Å²) < 4.78 is 1.70. The summed E-state index contributed by atoms with van der Waals surface area (Å²) in [5.41, 5.74) is 8.54.